The molecule has 0 saturated heterocycles. The predicted molar refractivity (Wildman–Crippen MR) is 150 cm³/mol. The first-order valence-corrected chi connectivity index (χ1v) is 12.7. The van der Waals surface area contributed by atoms with Gasteiger partial charge in [0.2, 0.25) is 5.69 Å². The van der Waals surface area contributed by atoms with Crippen molar-refractivity contribution < 1.29 is 4.58 Å². The molecule has 0 amide bonds. The van der Waals surface area contributed by atoms with Crippen molar-refractivity contribution in [1.29, 1.82) is 0 Å². The maximum Gasteiger partial charge on any atom is 0.209 e. The third-order valence-electron chi connectivity index (χ3n) is 6.79. The number of anilines is 1. The van der Waals surface area contributed by atoms with E-state index in [1.54, 1.807) is 0 Å². The largest absolute Gasteiger partial charge is 0.344 e. The third-order valence-corrected chi connectivity index (χ3v) is 6.79. The minimum atomic E-state index is 0.0161. The number of allylic oxidation sites excluding steroid dienone is 6. The molecular weight excluding hydrogens is 412 g/mol. The maximum absolute atomic E-state index is 2.43. The Morgan fingerprint density at radius 2 is 1.41 bits per heavy atom. The van der Waals surface area contributed by atoms with Gasteiger partial charge in [0.1, 0.15) is 7.05 Å². The van der Waals surface area contributed by atoms with Crippen LogP contribution in [0.15, 0.2) is 84.6 Å². The van der Waals surface area contributed by atoms with E-state index >= 15 is 0 Å². The van der Waals surface area contributed by atoms with Crippen LogP contribution in [0, 0.1) is 5.92 Å². The van der Waals surface area contributed by atoms with Gasteiger partial charge in [-0.2, -0.15) is 4.58 Å². The van der Waals surface area contributed by atoms with E-state index in [0.717, 1.165) is 12.5 Å². The van der Waals surface area contributed by atoms with Crippen LogP contribution in [0.2, 0.25) is 0 Å². The van der Waals surface area contributed by atoms with E-state index in [4.69, 9.17) is 0 Å². The highest BCUT2D eigenvalue weighted by Crippen LogP contribution is 2.47. The third kappa shape index (κ3) is 4.82. The lowest BCUT2D eigenvalue weighted by molar-refractivity contribution is -0.401. The van der Waals surface area contributed by atoms with Crippen molar-refractivity contribution in [3.8, 4) is 0 Å². The van der Waals surface area contributed by atoms with Gasteiger partial charge in [-0.1, -0.05) is 89.2 Å². The smallest absolute Gasteiger partial charge is 0.209 e. The van der Waals surface area contributed by atoms with Gasteiger partial charge in [0.15, 0.2) is 5.71 Å². The Morgan fingerprint density at radius 3 is 2.03 bits per heavy atom. The standard InChI is InChI=1S/C28H33N2.C4H10/c1-7-30-24-18-14-12-16-22(24)28(4,5)26(30)20-10-8-9-19-25-27(2,3)21-15-11-13-17-23(21)29(25)6;1-4(2)3/h8-20H,7H2,1-6H3;4H,1-3H3/q+1;. The molecule has 0 spiro atoms. The lowest BCUT2D eigenvalue weighted by Gasteiger charge is -2.25. The van der Waals surface area contributed by atoms with Gasteiger partial charge in [-0.25, -0.2) is 0 Å². The minimum Gasteiger partial charge on any atom is -0.344 e. The van der Waals surface area contributed by atoms with Crippen molar-refractivity contribution >= 4 is 17.1 Å². The van der Waals surface area contributed by atoms with Crippen molar-refractivity contribution in [2.75, 3.05) is 18.5 Å². The lowest BCUT2D eigenvalue weighted by atomic mass is 9.81. The molecule has 0 bridgehead atoms. The van der Waals surface area contributed by atoms with E-state index < -0.39 is 0 Å². The maximum atomic E-state index is 2.43. The molecule has 180 valence electrons. The van der Waals surface area contributed by atoms with Crippen LogP contribution in [0.3, 0.4) is 0 Å². The Kier molecular flexibility index (Phi) is 7.70. The number of rotatable bonds is 4. The zero-order valence-corrected chi connectivity index (χ0v) is 22.7. The van der Waals surface area contributed by atoms with E-state index in [1.165, 1.54) is 33.9 Å². The van der Waals surface area contributed by atoms with Gasteiger partial charge in [-0.05, 0) is 44.4 Å². The summed E-state index contributed by atoms with van der Waals surface area (Å²) in [6.07, 6.45) is 11.0. The number of likely N-dealkylation sites (N-methyl/N-ethyl adjacent to an activating group) is 1. The Bertz CT molecular complexity index is 1140. The van der Waals surface area contributed by atoms with Crippen LogP contribution in [0.5, 0.6) is 0 Å². The van der Waals surface area contributed by atoms with E-state index in [0.29, 0.717) is 0 Å². The molecule has 2 aromatic carbocycles. The summed E-state index contributed by atoms with van der Waals surface area (Å²) in [7, 11) is 2.16. The number of nitrogens with zero attached hydrogens (tertiary/aromatic N) is 2. The molecule has 2 nitrogen and oxygen atoms in total. The average Bonchev–Trinajstić information content (AvgIpc) is 3.12. The van der Waals surface area contributed by atoms with Crippen molar-refractivity contribution in [3.63, 3.8) is 0 Å². The number of benzene rings is 2. The van der Waals surface area contributed by atoms with Gasteiger partial charge < -0.3 is 4.90 Å². The molecule has 0 aliphatic carbocycles. The molecule has 0 aromatic heterocycles. The first-order chi connectivity index (χ1) is 16.0. The molecular formula is C32H43N2+. The fourth-order valence-electron chi connectivity index (χ4n) is 5.14. The highest BCUT2D eigenvalue weighted by atomic mass is 15.2. The summed E-state index contributed by atoms with van der Waals surface area (Å²) in [5.41, 5.74) is 8.15. The summed E-state index contributed by atoms with van der Waals surface area (Å²) in [6.45, 7) is 18.9. The SMILES string of the molecule is CC(C)C.CCN1/C(=C/C=C/C=C/C2=[N+](C)c3ccccc3C2(C)C)C(C)(C)c2ccccc21. The predicted octanol–water partition coefficient (Wildman–Crippen LogP) is 8.17. The molecule has 34 heavy (non-hydrogen) atoms. The molecule has 2 aliphatic heterocycles. The second-order valence-electron chi connectivity index (χ2n) is 11.0. The van der Waals surface area contributed by atoms with Crippen LogP contribution in [0.4, 0.5) is 11.4 Å². The minimum absolute atomic E-state index is 0.0161. The highest BCUT2D eigenvalue weighted by molar-refractivity contribution is 6.03. The van der Waals surface area contributed by atoms with Crippen LogP contribution in [0.1, 0.15) is 66.5 Å². The number of hydrogen-bond donors (Lipinski definition) is 0. The first kappa shape index (κ1) is 25.7. The quantitative estimate of drug-likeness (QED) is 0.333. The Morgan fingerprint density at radius 1 is 0.824 bits per heavy atom. The summed E-state index contributed by atoms with van der Waals surface area (Å²) in [6, 6.07) is 17.5. The van der Waals surface area contributed by atoms with Crippen LogP contribution in [-0.2, 0) is 10.8 Å². The number of hydrogen-bond acceptors (Lipinski definition) is 1. The van der Waals surface area contributed by atoms with Crippen LogP contribution in [-0.4, -0.2) is 23.9 Å². The summed E-state index contributed by atoms with van der Waals surface area (Å²) in [5.74, 6) is 0.833. The van der Waals surface area contributed by atoms with Gasteiger partial charge in [0, 0.05) is 41.1 Å². The van der Waals surface area contributed by atoms with Gasteiger partial charge >= 0.3 is 0 Å². The molecule has 2 heterocycles. The second-order valence-corrected chi connectivity index (χ2v) is 11.0. The molecule has 2 heteroatoms. The first-order valence-electron chi connectivity index (χ1n) is 12.7. The van der Waals surface area contributed by atoms with E-state index in [-0.39, 0.29) is 10.8 Å². The van der Waals surface area contributed by atoms with Crippen LogP contribution in [0.25, 0.3) is 0 Å². The summed E-state index contributed by atoms with van der Waals surface area (Å²) >= 11 is 0. The van der Waals surface area contributed by atoms with Crippen molar-refractivity contribution in [2.24, 2.45) is 5.92 Å². The summed E-state index contributed by atoms with van der Waals surface area (Å²) < 4.78 is 2.31. The van der Waals surface area contributed by atoms with Gasteiger partial charge in [-0.15, -0.1) is 0 Å². The van der Waals surface area contributed by atoms with Crippen molar-refractivity contribution in [3.05, 3.63) is 95.7 Å². The molecule has 2 aliphatic rings. The molecule has 4 rings (SSSR count). The van der Waals surface area contributed by atoms with E-state index in [9.17, 15) is 0 Å². The van der Waals surface area contributed by atoms with Gasteiger partial charge in [0.05, 0.1) is 5.41 Å². The highest BCUT2D eigenvalue weighted by Gasteiger charge is 2.42. The fraction of sp³-hybridized carbons (Fsp3) is 0.406. The number of fused-ring (bicyclic) bond motifs is 2. The van der Waals surface area contributed by atoms with Crippen LogP contribution < -0.4 is 4.90 Å². The normalized spacial score (nSPS) is 19.2. The molecule has 2 aromatic rings. The molecule has 0 fully saturated rings. The Labute approximate surface area is 208 Å². The summed E-state index contributed by atoms with van der Waals surface area (Å²) in [5, 5.41) is 0. The molecule has 0 unspecified atom stereocenters. The number of para-hydroxylation sites is 2. The molecule has 0 atom stereocenters. The van der Waals surface area contributed by atoms with E-state index in [1.807, 2.05) is 0 Å². The molecule has 0 saturated carbocycles. The second kappa shape index (κ2) is 10.2. The van der Waals surface area contributed by atoms with Crippen LogP contribution >= 0.6 is 0 Å². The Hall–Kier alpha value is -2.87. The molecule has 0 N–H and O–H groups in total. The average molecular weight is 456 g/mol. The van der Waals surface area contributed by atoms with Crippen molar-refractivity contribution in [1.82, 2.24) is 0 Å². The zero-order valence-electron chi connectivity index (χ0n) is 22.7. The fourth-order valence-corrected chi connectivity index (χ4v) is 5.14. The summed E-state index contributed by atoms with van der Waals surface area (Å²) in [4.78, 5) is 2.43. The molecule has 0 radical (unpaired) electrons. The lowest BCUT2D eigenvalue weighted by Crippen LogP contribution is -2.26. The zero-order chi connectivity index (χ0) is 25.1. The van der Waals surface area contributed by atoms with Gasteiger partial charge in [-0.3, -0.25) is 0 Å². The van der Waals surface area contributed by atoms with Gasteiger partial charge in [0.25, 0.3) is 0 Å². The van der Waals surface area contributed by atoms with E-state index in [2.05, 4.69) is 151 Å². The topological polar surface area (TPSA) is 6.25 Å². The van der Waals surface area contributed by atoms with Crippen molar-refractivity contribution in [2.45, 2.75) is 66.2 Å². The Balaban J connectivity index is 0.000000751. The monoisotopic (exact) mass is 455 g/mol.